The summed E-state index contributed by atoms with van der Waals surface area (Å²) in [5.41, 5.74) is 0.811. The average molecular weight is 342 g/mol. The minimum Gasteiger partial charge on any atom is -0.469 e. The highest BCUT2D eigenvalue weighted by molar-refractivity contribution is 5.89. The third kappa shape index (κ3) is 3.00. The maximum absolute atomic E-state index is 12.7. The molecule has 0 spiro atoms. The second-order valence-corrected chi connectivity index (χ2v) is 5.97. The SMILES string of the molecule is Cc1occc1-c1cc(NC(=O)N2CCCC[C@H]2c2ncn[nH]2)no1. The smallest absolute Gasteiger partial charge is 0.323 e. The number of aromatic nitrogens is 4. The molecule has 2 N–H and O–H groups in total. The van der Waals surface area contributed by atoms with Crippen LogP contribution in [-0.2, 0) is 0 Å². The van der Waals surface area contributed by atoms with Gasteiger partial charge in [0.25, 0.3) is 0 Å². The van der Waals surface area contributed by atoms with Crippen molar-refractivity contribution in [1.29, 1.82) is 0 Å². The molecule has 9 nitrogen and oxygen atoms in total. The predicted octanol–water partition coefficient (Wildman–Crippen LogP) is 3.12. The fraction of sp³-hybridized carbons (Fsp3) is 0.375. The fourth-order valence-electron chi connectivity index (χ4n) is 3.12. The van der Waals surface area contributed by atoms with Gasteiger partial charge in [0.1, 0.15) is 17.9 Å². The van der Waals surface area contributed by atoms with Gasteiger partial charge in [0, 0.05) is 12.6 Å². The van der Waals surface area contributed by atoms with Gasteiger partial charge in [0.2, 0.25) is 0 Å². The lowest BCUT2D eigenvalue weighted by molar-refractivity contribution is 0.159. The first kappa shape index (κ1) is 15.4. The van der Waals surface area contributed by atoms with E-state index in [0.717, 1.165) is 30.6 Å². The summed E-state index contributed by atoms with van der Waals surface area (Å²) in [7, 11) is 0. The number of nitrogens with one attached hydrogen (secondary N) is 2. The zero-order chi connectivity index (χ0) is 17.2. The van der Waals surface area contributed by atoms with Crippen molar-refractivity contribution in [2.24, 2.45) is 0 Å². The molecule has 1 aliphatic heterocycles. The van der Waals surface area contributed by atoms with Gasteiger partial charge in [-0.3, -0.25) is 10.4 Å². The minimum atomic E-state index is -0.232. The van der Waals surface area contributed by atoms with Crippen molar-refractivity contribution in [2.45, 2.75) is 32.2 Å². The summed E-state index contributed by atoms with van der Waals surface area (Å²) in [4.78, 5) is 18.6. The maximum Gasteiger partial charge on any atom is 0.323 e. The molecule has 4 rings (SSSR count). The molecule has 9 heteroatoms. The van der Waals surface area contributed by atoms with E-state index in [-0.39, 0.29) is 12.1 Å². The number of aromatic amines is 1. The molecule has 1 aliphatic rings. The number of urea groups is 1. The largest absolute Gasteiger partial charge is 0.469 e. The summed E-state index contributed by atoms with van der Waals surface area (Å²) in [5, 5.41) is 13.5. The number of likely N-dealkylation sites (tertiary alicyclic amines) is 1. The molecule has 3 aromatic heterocycles. The standard InChI is InChI=1S/C16H18N6O3/c1-10-11(5-7-24-10)13-8-14(21-25-13)19-16(23)22-6-3-2-4-12(22)15-17-9-18-20-15/h5,7-9,12H,2-4,6H2,1H3,(H,17,18,20)(H,19,21,23)/t12-/m0/s1. The average Bonchev–Trinajstić information content (AvgIpc) is 3.36. The number of H-pyrrole nitrogens is 1. The Kier molecular flexibility index (Phi) is 3.96. The van der Waals surface area contributed by atoms with E-state index in [1.54, 1.807) is 23.3 Å². The van der Waals surface area contributed by atoms with Crippen LogP contribution in [0.3, 0.4) is 0 Å². The molecule has 130 valence electrons. The number of carbonyl (C=O) groups is 1. The number of furan rings is 1. The molecule has 0 bridgehead atoms. The van der Waals surface area contributed by atoms with Crippen LogP contribution in [0.5, 0.6) is 0 Å². The topological polar surface area (TPSA) is 113 Å². The van der Waals surface area contributed by atoms with Crippen LogP contribution in [0.1, 0.15) is 36.9 Å². The van der Waals surface area contributed by atoms with Crippen LogP contribution in [0, 0.1) is 6.92 Å². The van der Waals surface area contributed by atoms with Crippen molar-refractivity contribution >= 4 is 11.8 Å². The van der Waals surface area contributed by atoms with Gasteiger partial charge in [-0.1, -0.05) is 5.16 Å². The Hall–Kier alpha value is -3.10. The van der Waals surface area contributed by atoms with Gasteiger partial charge in [0.15, 0.2) is 11.6 Å². The normalized spacial score (nSPS) is 17.6. The summed E-state index contributed by atoms with van der Waals surface area (Å²) in [5.74, 6) is 2.34. The highest BCUT2D eigenvalue weighted by Crippen LogP contribution is 2.30. The number of aryl methyl sites for hydroxylation is 1. The lowest BCUT2D eigenvalue weighted by Gasteiger charge is -2.33. The molecule has 1 atom stereocenters. The summed E-state index contributed by atoms with van der Waals surface area (Å²) in [6.45, 7) is 2.49. The first-order valence-corrected chi connectivity index (χ1v) is 8.16. The fourth-order valence-corrected chi connectivity index (χ4v) is 3.12. The van der Waals surface area contributed by atoms with Gasteiger partial charge in [-0.15, -0.1) is 0 Å². The minimum absolute atomic E-state index is 0.112. The van der Waals surface area contributed by atoms with Crippen LogP contribution in [0.4, 0.5) is 10.6 Å². The van der Waals surface area contributed by atoms with E-state index in [1.165, 1.54) is 6.33 Å². The Balaban J connectivity index is 1.49. The molecule has 1 fully saturated rings. The number of hydrogen-bond acceptors (Lipinski definition) is 6. The third-order valence-corrected chi connectivity index (χ3v) is 4.38. The zero-order valence-electron chi connectivity index (χ0n) is 13.7. The summed E-state index contributed by atoms with van der Waals surface area (Å²) < 4.78 is 10.6. The second kappa shape index (κ2) is 6.42. The van der Waals surface area contributed by atoms with Gasteiger partial charge in [-0.2, -0.15) is 5.10 Å². The monoisotopic (exact) mass is 342 g/mol. The van der Waals surface area contributed by atoms with E-state index >= 15 is 0 Å². The van der Waals surface area contributed by atoms with Gasteiger partial charge >= 0.3 is 6.03 Å². The predicted molar refractivity (Wildman–Crippen MR) is 87.6 cm³/mol. The quantitative estimate of drug-likeness (QED) is 0.756. The molecule has 0 aliphatic carbocycles. The number of rotatable bonds is 3. The van der Waals surface area contributed by atoms with E-state index < -0.39 is 0 Å². The van der Waals surface area contributed by atoms with Crippen LogP contribution in [0.2, 0.25) is 0 Å². The number of hydrogen-bond donors (Lipinski definition) is 2. The molecule has 0 aromatic carbocycles. The summed E-state index contributed by atoms with van der Waals surface area (Å²) in [6.07, 6.45) is 5.89. The molecule has 25 heavy (non-hydrogen) atoms. The summed E-state index contributed by atoms with van der Waals surface area (Å²) >= 11 is 0. The van der Waals surface area contributed by atoms with Crippen LogP contribution in [-0.4, -0.2) is 37.8 Å². The van der Waals surface area contributed by atoms with Crippen molar-refractivity contribution in [2.75, 3.05) is 11.9 Å². The maximum atomic E-state index is 12.7. The molecule has 0 unspecified atom stereocenters. The van der Waals surface area contributed by atoms with E-state index in [1.807, 2.05) is 6.92 Å². The second-order valence-electron chi connectivity index (χ2n) is 5.97. The lowest BCUT2D eigenvalue weighted by atomic mass is 10.0. The number of nitrogens with zero attached hydrogens (tertiary/aromatic N) is 4. The van der Waals surface area contributed by atoms with Crippen molar-refractivity contribution in [3.63, 3.8) is 0 Å². The molecule has 3 aromatic rings. The Morgan fingerprint density at radius 2 is 2.36 bits per heavy atom. The Morgan fingerprint density at radius 1 is 1.44 bits per heavy atom. The van der Waals surface area contributed by atoms with Crippen LogP contribution >= 0.6 is 0 Å². The number of carbonyl (C=O) groups excluding carboxylic acids is 1. The molecule has 0 radical (unpaired) electrons. The van der Waals surface area contributed by atoms with Gasteiger partial charge in [0.05, 0.1) is 17.9 Å². The van der Waals surface area contributed by atoms with Gasteiger partial charge in [-0.25, -0.2) is 9.78 Å². The van der Waals surface area contributed by atoms with Gasteiger partial charge < -0.3 is 13.8 Å². The molecule has 2 amide bonds. The molecule has 4 heterocycles. The third-order valence-electron chi connectivity index (χ3n) is 4.38. The Morgan fingerprint density at radius 3 is 3.12 bits per heavy atom. The lowest BCUT2D eigenvalue weighted by Crippen LogP contribution is -2.41. The van der Waals surface area contributed by atoms with Crippen molar-refractivity contribution < 1.29 is 13.7 Å². The van der Waals surface area contributed by atoms with Crippen LogP contribution < -0.4 is 5.32 Å². The molecular weight excluding hydrogens is 324 g/mol. The van der Waals surface area contributed by atoms with Crippen molar-refractivity contribution in [1.82, 2.24) is 25.2 Å². The van der Waals surface area contributed by atoms with Crippen LogP contribution in [0.25, 0.3) is 11.3 Å². The first-order chi connectivity index (χ1) is 12.2. The Bertz CT molecular complexity index is 853. The summed E-state index contributed by atoms with van der Waals surface area (Å²) in [6, 6.07) is 3.14. The molecule has 1 saturated heterocycles. The van der Waals surface area contributed by atoms with E-state index in [2.05, 4.69) is 25.7 Å². The van der Waals surface area contributed by atoms with E-state index in [4.69, 9.17) is 8.94 Å². The van der Waals surface area contributed by atoms with E-state index in [0.29, 0.717) is 23.9 Å². The first-order valence-electron chi connectivity index (χ1n) is 8.16. The van der Waals surface area contributed by atoms with E-state index in [9.17, 15) is 4.79 Å². The van der Waals surface area contributed by atoms with Gasteiger partial charge in [-0.05, 0) is 32.3 Å². The van der Waals surface area contributed by atoms with Crippen LogP contribution in [0.15, 0.2) is 33.7 Å². The highest BCUT2D eigenvalue weighted by Gasteiger charge is 2.30. The van der Waals surface area contributed by atoms with Crippen molar-refractivity contribution in [3.05, 3.63) is 36.3 Å². The molecule has 0 saturated carbocycles. The zero-order valence-corrected chi connectivity index (χ0v) is 13.7. The highest BCUT2D eigenvalue weighted by atomic mass is 16.5. The number of amides is 2. The Labute approximate surface area is 143 Å². The van der Waals surface area contributed by atoms with Crippen molar-refractivity contribution in [3.8, 4) is 11.3 Å². The molecular formula is C16H18N6O3. The number of piperidine rings is 1. The number of anilines is 1.